The zero-order valence-corrected chi connectivity index (χ0v) is 11.4. The Labute approximate surface area is 106 Å². The summed E-state index contributed by atoms with van der Waals surface area (Å²) < 4.78 is 38.6. The largest absolute Gasteiger partial charge is 0.281 e. The highest BCUT2D eigenvalue weighted by molar-refractivity contribution is 7.86. The van der Waals surface area contributed by atoms with E-state index in [9.17, 15) is 12.8 Å². The van der Waals surface area contributed by atoms with Crippen molar-refractivity contribution in [1.29, 1.82) is 0 Å². The van der Waals surface area contributed by atoms with Crippen molar-refractivity contribution >= 4 is 21.8 Å². The molecule has 0 radical (unpaired) electrons. The molecule has 0 unspecified atom stereocenters. The van der Waals surface area contributed by atoms with Gasteiger partial charge in [0.1, 0.15) is 5.82 Å². The lowest BCUT2D eigenvalue weighted by Gasteiger charge is -2.21. The second-order valence-corrected chi connectivity index (χ2v) is 6.44. The van der Waals surface area contributed by atoms with Gasteiger partial charge in [0.05, 0.1) is 0 Å². The summed E-state index contributed by atoms with van der Waals surface area (Å²) in [7, 11) is 0.837. The van der Waals surface area contributed by atoms with Crippen LogP contribution >= 0.6 is 11.6 Å². The lowest BCUT2D eigenvalue weighted by atomic mass is 10.2. The summed E-state index contributed by atoms with van der Waals surface area (Å²) in [5.41, 5.74) is 0.556. The summed E-state index contributed by atoms with van der Waals surface area (Å²) >= 11 is 5.83. The van der Waals surface area contributed by atoms with Gasteiger partial charge in [0, 0.05) is 32.7 Å². The van der Waals surface area contributed by atoms with Gasteiger partial charge in [-0.3, -0.25) is 0 Å². The monoisotopic (exact) mass is 280 g/mol. The second kappa shape index (κ2) is 5.30. The van der Waals surface area contributed by atoms with Crippen LogP contribution < -0.4 is 0 Å². The molecule has 4 nitrogen and oxygen atoms in total. The molecule has 7 heteroatoms. The summed E-state index contributed by atoms with van der Waals surface area (Å²) in [6.45, 7) is 0.0969. The van der Waals surface area contributed by atoms with E-state index < -0.39 is 16.0 Å². The normalized spacial score (nSPS) is 12.4. The molecular formula is C10H14ClFN2O2S. The minimum Gasteiger partial charge on any atom is -0.207 e. The van der Waals surface area contributed by atoms with Crippen LogP contribution in [0.2, 0.25) is 5.02 Å². The molecule has 0 atom stereocenters. The topological polar surface area (TPSA) is 40.6 Å². The second-order valence-electron chi connectivity index (χ2n) is 3.78. The molecule has 1 rings (SSSR count). The number of hydrogen-bond donors (Lipinski definition) is 0. The van der Waals surface area contributed by atoms with Crippen molar-refractivity contribution in [2.75, 3.05) is 21.1 Å². The van der Waals surface area contributed by atoms with E-state index in [4.69, 9.17) is 11.6 Å². The fourth-order valence-corrected chi connectivity index (χ4v) is 2.34. The summed E-state index contributed by atoms with van der Waals surface area (Å²) in [5, 5.41) is 0.214. The van der Waals surface area contributed by atoms with Crippen molar-refractivity contribution in [3.05, 3.63) is 34.6 Å². The third kappa shape index (κ3) is 3.38. The Hall–Kier alpha value is -0.690. The fraction of sp³-hybridized carbons (Fsp3) is 0.400. The molecule has 17 heavy (non-hydrogen) atoms. The Morgan fingerprint density at radius 1 is 1.29 bits per heavy atom. The van der Waals surface area contributed by atoms with Crippen LogP contribution in [0.4, 0.5) is 4.39 Å². The minimum atomic E-state index is -3.49. The standard InChI is InChI=1S/C10H14ClFN2O2S/c1-13(2)17(15,16)14(3)7-8-4-5-9(12)6-10(8)11/h4-6H,7H2,1-3H3. The predicted molar refractivity (Wildman–Crippen MR) is 65.5 cm³/mol. The molecule has 0 bridgehead atoms. The Balaban J connectivity index is 2.92. The zero-order chi connectivity index (χ0) is 13.2. The van der Waals surface area contributed by atoms with E-state index in [-0.39, 0.29) is 11.6 Å². The molecule has 0 amide bonds. The van der Waals surface area contributed by atoms with Gasteiger partial charge in [0.2, 0.25) is 0 Å². The molecule has 0 aliphatic heterocycles. The molecule has 0 saturated heterocycles. The molecule has 1 aromatic carbocycles. The average Bonchev–Trinajstić information content (AvgIpc) is 2.21. The van der Waals surface area contributed by atoms with E-state index in [0.29, 0.717) is 5.56 Å². The summed E-state index contributed by atoms with van der Waals surface area (Å²) in [6, 6.07) is 3.88. The van der Waals surface area contributed by atoms with Crippen molar-refractivity contribution in [3.63, 3.8) is 0 Å². The van der Waals surface area contributed by atoms with Gasteiger partial charge in [-0.05, 0) is 17.7 Å². The summed E-state index contributed by atoms with van der Waals surface area (Å²) in [5.74, 6) is -0.447. The van der Waals surface area contributed by atoms with E-state index >= 15 is 0 Å². The maximum absolute atomic E-state index is 12.8. The molecule has 96 valence electrons. The van der Waals surface area contributed by atoms with Crippen LogP contribution in [-0.2, 0) is 16.8 Å². The Morgan fingerprint density at radius 3 is 2.35 bits per heavy atom. The fourth-order valence-electron chi connectivity index (χ4n) is 1.25. The predicted octanol–water partition coefficient (Wildman–Crippen LogP) is 1.72. The van der Waals surface area contributed by atoms with Crippen LogP contribution in [0.1, 0.15) is 5.56 Å². The maximum Gasteiger partial charge on any atom is 0.281 e. The number of rotatable bonds is 4. The number of halogens is 2. The highest BCUT2D eigenvalue weighted by Gasteiger charge is 2.21. The van der Waals surface area contributed by atoms with E-state index in [1.807, 2.05) is 0 Å². The smallest absolute Gasteiger partial charge is 0.207 e. The molecule has 0 heterocycles. The number of hydrogen-bond acceptors (Lipinski definition) is 2. The number of nitrogens with zero attached hydrogens (tertiary/aromatic N) is 2. The van der Waals surface area contributed by atoms with Crippen LogP contribution in [0.3, 0.4) is 0 Å². The van der Waals surface area contributed by atoms with Gasteiger partial charge < -0.3 is 0 Å². The first-order chi connectivity index (χ1) is 7.75. The van der Waals surface area contributed by atoms with Crippen molar-refractivity contribution in [3.8, 4) is 0 Å². The highest BCUT2D eigenvalue weighted by Crippen LogP contribution is 2.19. The third-order valence-corrected chi connectivity index (χ3v) is 4.45. The molecule has 0 fully saturated rings. The van der Waals surface area contributed by atoms with Crippen LogP contribution in [-0.4, -0.2) is 38.2 Å². The molecule has 0 aliphatic carbocycles. The van der Waals surface area contributed by atoms with Gasteiger partial charge >= 0.3 is 0 Å². The Kier molecular flexibility index (Phi) is 4.48. The van der Waals surface area contributed by atoms with Crippen LogP contribution in [0.5, 0.6) is 0 Å². The van der Waals surface area contributed by atoms with Gasteiger partial charge in [-0.25, -0.2) is 4.39 Å². The molecular weight excluding hydrogens is 267 g/mol. The SMILES string of the molecule is CN(C)S(=O)(=O)N(C)Cc1ccc(F)cc1Cl. The van der Waals surface area contributed by atoms with Crippen LogP contribution in [0.15, 0.2) is 18.2 Å². The molecule has 0 saturated carbocycles. The van der Waals surface area contributed by atoms with Crippen LogP contribution in [0.25, 0.3) is 0 Å². The van der Waals surface area contributed by atoms with Gasteiger partial charge in [-0.2, -0.15) is 17.0 Å². The van der Waals surface area contributed by atoms with Crippen LogP contribution in [0, 0.1) is 5.82 Å². The maximum atomic E-state index is 12.8. The summed E-state index contributed by atoms with van der Waals surface area (Å²) in [4.78, 5) is 0. The number of benzene rings is 1. The van der Waals surface area contributed by atoms with Gasteiger partial charge in [0.25, 0.3) is 10.2 Å². The Bertz CT molecular complexity index is 505. The Morgan fingerprint density at radius 2 is 1.88 bits per heavy atom. The lowest BCUT2D eigenvalue weighted by Crippen LogP contribution is -2.36. The van der Waals surface area contributed by atoms with E-state index in [0.717, 1.165) is 14.7 Å². The van der Waals surface area contributed by atoms with Gasteiger partial charge in [-0.15, -0.1) is 0 Å². The first kappa shape index (κ1) is 14.4. The summed E-state index contributed by atoms with van der Waals surface area (Å²) in [6.07, 6.45) is 0. The van der Waals surface area contributed by atoms with E-state index in [2.05, 4.69) is 0 Å². The molecule has 0 N–H and O–H groups in total. The van der Waals surface area contributed by atoms with Gasteiger partial charge in [-0.1, -0.05) is 17.7 Å². The first-order valence-electron chi connectivity index (χ1n) is 4.83. The van der Waals surface area contributed by atoms with E-state index in [1.54, 1.807) is 0 Å². The first-order valence-corrected chi connectivity index (χ1v) is 6.60. The third-order valence-electron chi connectivity index (χ3n) is 2.26. The van der Waals surface area contributed by atoms with Crippen molar-refractivity contribution in [2.24, 2.45) is 0 Å². The van der Waals surface area contributed by atoms with Crippen molar-refractivity contribution in [2.45, 2.75) is 6.54 Å². The molecule has 0 aromatic heterocycles. The lowest BCUT2D eigenvalue weighted by molar-refractivity contribution is 0.414. The van der Waals surface area contributed by atoms with Crippen molar-refractivity contribution in [1.82, 2.24) is 8.61 Å². The quantitative estimate of drug-likeness (QED) is 0.843. The van der Waals surface area contributed by atoms with Crippen molar-refractivity contribution < 1.29 is 12.8 Å². The molecule has 0 spiro atoms. The zero-order valence-electron chi connectivity index (χ0n) is 9.81. The minimum absolute atomic E-state index is 0.0969. The highest BCUT2D eigenvalue weighted by atomic mass is 35.5. The van der Waals surface area contributed by atoms with E-state index in [1.165, 1.54) is 33.3 Å². The average molecular weight is 281 g/mol. The van der Waals surface area contributed by atoms with Gasteiger partial charge in [0.15, 0.2) is 0 Å². The molecule has 1 aromatic rings. The molecule has 0 aliphatic rings.